The Balaban J connectivity index is 0.000000138. The van der Waals surface area contributed by atoms with Gasteiger partial charge in [-0.1, -0.05) is 119 Å². The van der Waals surface area contributed by atoms with Crippen LogP contribution in [0, 0.1) is 29.4 Å². The fourth-order valence-electron chi connectivity index (χ4n) is 16.5. The number of amides is 1. The molecule has 9 aromatic rings. The zero-order valence-corrected chi connectivity index (χ0v) is 62.7. The summed E-state index contributed by atoms with van der Waals surface area (Å²) in [6.07, 6.45) is 7.86. The highest BCUT2D eigenvalue weighted by molar-refractivity contribution is 7.88. The van der Waals surface area contributed by atoms with E-state index in [1.54, 1.807) is 29.2 Å². The lowest BCUT2D eigenvalue weighted by atomic mass is 9.87. The predicted molar refractivity (Wildman–Crippen MR) is 402 cm³/mol. The third-order valence-electron chi connectivity index (χ3n) is 22.1. The molecule has 1 amide bonds. The molecule has 22 heteroatoms. The van der Waals surface area contributed by atoms with E-state index in [0.29, 0.717) is 61.7 Å². The molecule has 3 saturated heterocycles. The van der Waals surface area contributed by atoms with Crippen LogP contribution in [0.15, 0.2) is 133 Å². The number of aromatic nitrogens is 3. The number of aromatic amines is 3. The lowest BCUT2D eigenvalue weighted by Gasteiger charge is -2.42. The number of benzene rings is 6. The molecular weight excluding hydrogens is 1350 g/mol. The summed E-state index contributed by atoms with van der Waals surface area (Å²) in [6.45, 7) is 26.1. The number of alkyl halides is 1. The number of carbonyl (C=O) groups excluding carboxylic acids is 1. The van der Waals surface area contributed by atoms with E-state index in [-0.39, 0.29) is 24.2 Å². The summed E-state index contributed by atoms with van der Waals surface area (Å²) in [4.78, 5) is 32.4. The van der Waals surface area contributed by atoms with Crippen LogP contribution in [0.5, 0.6) is 17.2 Å². The Bertz CT molecular complexity index is 4530. The molecule has 0 spiro atoms. The van der Waals surface area contributed by atoms with Gasteiger partial charge in [0.1, 0.15) is 48.7 Å². The number of hydrogen-bond donors (Lipinski definition) is 3. The van der Waals surface area contributed by atoms with E-state index in [1.807, 2.05) is 106 Å². The molecule has 0 unspecified atom stereocenters. The standard InChI is InChI=1S/C29H36FN3O2.2C26H32FN3O3S/c1-5-20-17-32(18-20)14-15-35-22-12-10-21(11-13-22)27-26-24(23-8-6-7-9-25(23)31-26)16-19(2)33(27)28(34)29(3,4)30;2*1-4-18-15-29(16-18)11-12-33-19-9-10-21(23(27)14-19)26-25-22(13-17(2)30(26)34(3,31)32)20-7-5-6-8-24(20)28-25/h6-13,19-20,27,31H,5,14-18H2,1-4H3;2*5-10,14,17-18,26,28H,4,11-13,15-16H2,1-3H3/t19-,27+;17-,26+;17-,26-/m111/s1. The Morgan fingerprint density at radius 3 is 1.15 bits per heavy atom. The van der Waals surface area contributed by atoms with Crippen LogP contribution in [-0.4, -0.2) is 181 Å². The number of likely N-dealkylation sites (tertiary alicyclic amines) is 3. The smallest absolute Gasteiger partial charge is 0.260 e. The van der Waals surface area contributed by atoms with Crippen LogP contribution >= 0.6 is 0 Å². The fourth-order valence-corrected chi connectivity index (χ4v) is 19.2. The Kier molecular flexibility index (Phi) is 21.7. The molecule has 3 aromatic heterocycles. The van der Waals surface area contributed by atoms with E-state index in [2.05, 4.69) is 62.6 Å². The maximum absolute atomic E-state index is 15.5. The maximum atomic E-state index is 15.5. The zero-order valence-electron chi connectivity index (χ0n) is 61.0. The summed E-state index contributed by atoms with van der Waals surface area (Å²) in [5.41, 5.74) is 8.29. The molecule has 17 nitrogen and oxygen atoms in total. The van der Waals surface area contributed by atoms with Crippen molar-refractivity contribution >= 4 is 58.7 Å². The first-order valence-electron chi connectivity index (χ1n) is 36.8. The number of fused-ring (bicyclic) bond motifs is 9. The number of hydrogen-bond acceptors (Lipinski definition) is 11. The molecule has 9 heterocycles. The Morgan fingerprint density at radius 1 is 0.476 bits per heavy atom. The topological polar surface area (TPSA) is 180 Å². The number of carbonyl (C=O) groups is 1. The van der Waals surface area contributed by atoms with Crippen LogP contribution in [0.2, 0.25) is 0 Å². The summed E-state index contributed by atoms with van der Waals surface area (Å²) in [5, 5.41) is 3.28. The number of nitrogens with zero attached hydrogens (tertiary/aromatic N) is 6. The van der Waals surface area contributed by atoms with Crippen molar-refractivity contribution in [2.45, 2.75) is 136 Å². The third kappa shape index (κ3) is 15.5. The molecule has 0 saturated carbocycles. The number of ether oxygens (including phenoxy) is 3. The van der Waals surface area contributed by atoms with Crippen molar-refractivity contribution < 1.29 is 49.0 Å². The molecule has 6 aliphatic rings. The molecule has 0 radical (unpaired) electrons. The van der Waals surface area contributed by atoms with Crippen molar-refractivity contribution in [3.05, 3.63) is 196 Å². The third-order valence-corrected chi connectivity index (χ3v) is 24.8. The number of nitrogens with one attached hydrogen (secondary N) is 3. The van der Waals surface area contributed by atoms with E-state index in [1.165, 1.54) is 90.4 Å². The first-order valence-corrected chi connectivity index (χ1v) is 40.5. The molecular formula is C81H100F3N9O8S2. The van der Waals surface area contributed by atoms with Crippen LogP contribution in [-0.2, 0) is 44.1 Å². The van der Waals surface area contributed by atoms with Gasteiger partial charge in [0.15, 0.2) is 5.67 Å². The van der Waals surface area contributed by atoms with Gasteiger partial charge in [-0.25, -0.2) is 30.0 Å². The average molecular weight is 1450 g/mol. The summed E-state index contributed by atoms with van der Waals surface area (Å²) in [7, 11) is -7.19. The second kappa shape index (κ2) is 30.4. The Hall–Kier alpha value is -7.70. The van der Waals surface area contributed by atoms with Gasteiger partial charge < -0.3 is 34.1 Å². The zero-order chi connectivity index (χ0) is 72.8. The molecule has 6 aromatic carbocycles. The summed E-state index contributed by atoms with van der Waals surface area (Å²) < 4.78 is 118. The summed E-state index contributed by atoms with van der Waals surface area (Å²) in [5.74, 6) is 2.70. The molecule has 550 valence electrons. The van der Waals surface area contributed by atoms with Crippen molar-refractivity contribution in [3.63, 3.8) is 0 Å². The van der Waals surface area contributed by atoms with Crippen molar-refractivity contribution in [3.8, 4) is 17.2 Å². The van der Waals surface area contributed by atoms with Crippen LogP contribution in [0.25, 0.3) is 32.7 Å². The minimum atomic E-state index is -3.60. The lowest BCUT2D eigenvalue weighted by molar-refractivity contribution is -0.146. The first-order chi connectivity index (χ1) is 49.3. The van der Waals surface area contributed by atoms with Gasteiger partial charge in [0.25, 0.3) is 5.91 Å². The normalized spacial score (nSPS) is 21.7. The van der Waals surface area contributed by atoms with Gasteiger partial charge in [0.05, 0.1) is 30.6 Å². The molecule has 0 aliphatic carbocycles. The van der Waals surface area contributed by atoms with Crippen molar-refractivity contribution in [2.24, 2.45) is 17.8 Å². The van der Waals surface area contributed by atoms with E-state index in [4.69, 9.17) is 14.2 Å². The molecule has 3 fully saturated rings. The molecule has 15 rings (SSSR count). The summed E-state index contributed by atoms with van der Waals surface area (Å²) >= 11 is 0. The van der Waals surface area contributed by atoms with Crippen LogP contribution in [0.3, 0.4) is 0 Å². The maximum Gasteiger partial charge on any atom is 0.260 e. The number of sulfonamides is 2. The number of H-pyrrole nitrogens is 3. The highest BCUT2D eigenvalue weighted by atomic mass is 32.2. The SMILES string of the molecule is CCC1CN(CCOc2ccc([C@@H]3c4[nH]c5ccccc5c4C[C@@H](C)N3S(C)(=O)=O)c(F)c2)C1.CCC1CN(CCOc2ccc([C@H]3c4[nH]c5ccccc5c4C[C@@H](C)N3C(=O)C(C)(C)F)cc2)C1.CCC1CN(CCOc2ccc([C@H]3c4[nH]c5ccccc5c4C[C@@H](C)N3S(C)(=O)=O)c(F)c2)C1. The lowest BCUT2D eigenvalue weighted by Crippen LogP contribution is -2.52. The first kappa shape index (κ1) is 73.6. The van der Waals surface area contributed by atoms with Crippen LogP contribution < -0.4 is 14.2 Å². The van der Waals surface area contributed by atoms with Gasteiger partial charge in [0, 0.05) is 150 Å². The second-order valence-electron chi connectivity index (χ2n) is 30.0. The Labute approximate surface area is 605 Å². The predicted octanol–water partition coefficient (Wildman–Crippen LogP) is 14.1. The molecule has 0 bridgehead atoms. The van der Waals surface area contributed by atoms with Crippen LogP contribution in [0.4, 0.5) is 13.2 Å². The van der Waals surface area contributed by atoms with Crippen molar-refractivity contribution in [1.82, 2.24) is 43.2 Å². The van der Waals surface area contributed by atoms with Crippen molar-refractivity contribution in [1.29, 1.82) is 0 Å². The largest absolute Gasteiger partial charge is 0.492 e. The van der Waals surface area contributed by atoms with E-state index >= 15 is 8.78 Å². The average Bonchev–Trinajstić information content (AvgIpc) is 1.27. The number of rotatable bonds is 21. The van der Waals surface area contributed by atoms with Crippen molar-refractivity contribution in [2.75, 3.05) is 91.2 Å². The highest BCUT2D eigenvalue weighted by Gasteiger charge is 2.46. The van der Waals surface area contributed by atoms with Gasteiger partial charge in [0.2, 0.25) is 20.0 Å². The van der Waals surface area contributed by atoms with Gasteiger partial charge in [-0.3, -0.25) is 19.5 Å². The van der Waals surface area contributed by atoms with Gasteiger partial charge in [-0.2, -0.15) is 8.61 Å². The second-order valence-corrected chi connectivity index (χ2v) is 33.8. The van der Waals surface area contributed by atoms with E-state index < -0.39 is 55.3 Å². The Morgan fingerprint density at radius 2 is 0.806 bits per heavy atom. The molecule has 6 atom stereocenters. The molecule has 103 heavy (non-hydrogen) atoms. The number of halogens is 3. The minimum absolute atomic E-state index is 0.131. The van der Waals surface area contributed by atoms with Gasteiger partial charge in [-0.05, 0) is 136 Å². The van der Waals surface area contributed by atoms with Gasteiger partial charge in [-0.15, -0.1) is 0 Å². The van der Waals surface area contributed by atoms with E-state index in [0.717, 1.165) is 130 Å². The number of para-hydroxylation sites is 3. The highest BCUT2D eigenvalue weighted by Crippen LogP contribution is 2.47. The fraction of sp³-hybridized carbons (Fsp3) is 0.469. The monoisotopic (exact) mass is 1450 g/mol. The van der Waals surface area contributed by atoms with Gasteiger partial charge >= 0.3 is 0 Å². The molecule has 6 aliphatic heterocycles. The van der Waals surface area contributed by atoms with Crippen LogP contribution in [0.1, 0.15) is 143 Å². The van der Waals surface area contributed by atoms with E-state index in [9.17, 15) is 26.0 Å². The summed E-state index contributed by atoms with van der Waals surface area (Å²) in [6, 6.07) is 38.9. The molecule has 3 N–H and O–H groups in total. The minimum Gasteiger partial charge on any atom is -0.492 e. The quantitative estimate of drug-likeness (QED) is 0.0623.